The number of rotatable bonds is 16. The monoisotopic (exact) mass is 501 g/mol. The van der Waals surface area contributed by atoms with Crippen LogP contribution in [0.15, 0.2) is 29.2 Å². The summed E-state index contributed by atoms with van der Waals surface area (Å²) < 4.78 is 31.4. The second-order valence-electron chi connectivity index (χ2n) is 7.20. The van der Waals surface area contributed by atoms with E-state index < -0.39 is 25.5 Å². The van der Waals surface area contributed by atoms with Crippen LogP contribution in [0.5, 0.6) is 0 Å². The molecule has 0 saturated heterocycles. The lowest BCUT2D eigenvalue weighted by atomic mass is 10.2. The van der Waals surface area contributed by atoms with Gasteiger partial charge < -0.3 is 20.7 Å². The number of carbonyl (C=O) groups is 3. The van der Waals surface area contributed by atoms with E-state index in [9.17, 15) is 32.9 Å². The van der Waals surface area contributed by atoms with E-state index in [-0.39, 0.29) is 63.2 Å². The Morgan fingerprint density at radius 3 is 2.15 bits per heavy atom. The Balaban J connectivity index is 2.24. The van der Waals surface area contributed by atoms with Crippen LogP contribution in [0.25, 0.3) is 0 Å². The zero-order valence-electron chi connectivity index (χ0n) is 19.2. The minimum Gasteiger partial charge on any atom is -0.378 e. The number of nitro benzene ring substituents is 1. The van der Waals surface area contributed by atoms with E-state index in [0.717, 1.165) is 10.4 Å². The highest BCUT2D eigenvalue weighted by atomic mass is 32.2. The van der Waals surface area contributed by atoms with Crippen LogP contribution in [-0.4, -0.2) is 81.8 Å². The van der Waals surface area contributed by atoms with Gasteiger partial charge in [-0.3, -0.25) is 24.5 Å². The van der Waals surface area contributed by atoms with Gasteiger partial charge in [0.25, 0.3) is 5.69 Å². The lowest BCUT2D eigenvalue weighted by Gasteiger charge is -2.17. The Bertz CT molecular complexity index is 954. The molecular formula is C20H31N5O8S. The highest BCUT2D eigenvalue weighted by Gasteiger charge is 2.28. The number of carbonyl (C=O) groups excluding carboxylic acids is 3. The van der Waals surface area contributed by atoms with Gasteiger partial charge in [0, 0.05) is 59.1 Å². The van der Waals surface area contributed by atoms with Gasteiger partial charge in [0.2, 0.25) is 27.7 Å². The second kappa shape index (κ2) is 14.9. The summed E-state index contributed by atoms with van der Waals surface area (Å²) in [6.07, 6.45) is 0.243. The van der Waals surface area contributed by atoms with Gasteiger partial charge in [0.15, 0.2) is 4.90 Å². The van der Waals surface area contributed by atoms with Crippen molar-refractivity contribution in [2.75, 3.05) is 46.4 Å². The topological polar surface area (TPSA) is 177 Å². The summed E-state index contributed by atoms with van der Waals surface area (Å²) in [5, 5.41) is 18.9. The van der Waals surface area contributed by atoms with Gasteiger partial charge in [0.05, 0.1) is 18.1 Å². The molecule has 0 unspecified atom stereocenters. The normalized spacial score (nSPS) is 11.1. The minimum atomic E-state index is -4.06. The number of para-hydroxylation sites is 1. The zero-order valence-corrected chi connectivity index (χ0v) is 20.1. The smallest absolute Gasteiger partial charge is 0.289 e. The average Bonchev–Trinajstić information content (AvgIpc) is 2.79. The molecule has 1 rings (SSSR count). The number of hydrogen-bond donors (Lipinski definition) is 3. The predicted octanol–water partition coefficient (Wildman–Crippen LogP) is -0.229. The van der Waals surface area contributed by atoms with Crippen LogP contribution >= 0.6 is 0 Å². The van der Waals surface area contributed by atoms with Crippen LogP contribution in [0.4, 0.5) is 5.69 Å². The van der Waals surface area contributed by atoms with Crippen LogP contribution < -0.4 is 16.0 Å². The number of nitro groups is 1. The maximum absolute atomic E-state index is 12.6. The maximum Gasteiger partial charge on any atom is 0.289 e. The molecule has 1 aromatic rings. The summed E-state index contributed by atoms with van der Waals surface area (Å²) >= 11 is 0. The van der Waals surface area contributed by atoms with Crippen molar-refractivity contribution in [1.29, 1.82) is 0 Å². The molecule has 190 valence electrons. The predicted molar refractivity (Wildman–Crippen MR) is 122 cm³/mol. The number of benzene rings is 1. The van der Waals surface area contributed by atoms with Crippen molar-refractivity contribution in [2.45, 2.75) is 31.1 Å². The van der Waals surface area contributed by atoms with Crippen LogP contribution in [0.3, 0.4) is 0 Å². The van der Waals surface area contributed by atoms with Crippen molar-refractivity contribution in [3.05, 3.63) is 34.4 Å². The third kappa shape index (κ3) is 10.7. The van der Waals surface area contributed by atoms with Gasteiger partial charge in [-0.15, -0.1) is 0 Å². The first kappa shape index (κ1) is 28.9. The van der Waals surface area contributed by atoms with E-state index in [0.29, 0.717) is 13.2 Å². The summed E-state index contributed by atoms with van der Waals surface area (Å²) in [7, 11) is -2.75. The molecule has 0 radical (unpaired) electrons. The third-order valence-corrected chi connectivity index (χ3v) is 6.39. The van der Waals surface area contributed by atoms with Crippen LogP contribution in [0.2, 0.25) is 0 Å². The second-order valence-corrected chi connectivity index (χ2v) is 9.21. The van der Waals surface area contributed by atoms with Crippen molar-refractivity contribution < 1.29 is 32.5 Å². The number of sulfonamides is 1. The molecule has 0 aromatic heterocycles. The zero-order chi connectivity index (χ0) is 25.6. The molecule has 13 nitrogen and oxygen atoms in total. The molecule has 0 aliphatic carbocycles. The third-order valence-electron chi connectivity index (χ3n) is 4.49. The first-order valence-electron chi connectivity index (χ1n) is 10.6. The quantitative estimate of drug-likeness (QED) is 0.158. The van der Waals surface area contributed by atoms with Gasteiger partial charge in [-0.1, -0.05) is 12.1 Å². The van der Waals surface area contributed by atoms with Gasteiger partial charge in [-0.2, -0.15) is 0 Å². The van der Waals surface area contributed by atoms with Gasteiger partial charge in [0.1, 0.15) is 0 Å². The Hall–Kier alpha value is -3.10. The van der Waals surface area contributed by atoms with E-state index in [4.69, 9.17) is 4.74 Å². The molecule has 0 bridgehead atoms. The van der Waals surface area contributed by atoms with E-state index in [2.05, 4.69) is 16.0 Å². The number of amides is 3. The molecule has 0 heterocycles. The van der Waals surface area contributed by atoms with Crippen LogP contribution in [-0.2, 0) is 29.1 Å². The first-order valence-corrected chi connectivity index (χ1v) is 12.0. The number of hydrogen-bond acceptors (Lipinski definition) is 8. The lowest BCUT2D eigenvalue weighted by molar-refractivity contribution is -0.387. The fourth-order valence-electron chi connectivity index (χ4n) is 2.71. The van der Waals surface area contributed by atoms with Gasteiger partial charge in [-0.25, -0.2) is 12.7 Å². The summed E-state index contributed by atoms with van der Waals surface area (Å²) in [5.41, 5.74) is -0.502. The van der Waals surface area contributed by atoms with E-state index in [1.165, 1.54) is 32.2 Å². The summed E-state index contributed by atoms with van der Waals surface area (Å²) in [4.78, 5) is 44.3. The molecule has 1 aromatic carbocycles. The molecule has 0 aliphatic rings. The molecule has 14 heteroatoms. The van der Waals surface area contributed by atoms with E-state index >= 15 is 0 Å². The summed E-state index contributed by atoms with van der Waals surface area (Å²) in [6.45, 7) is 2.90. The van der Waals surface area contributed by atoms with Gasteiger partial charge in [-0.05, 0) is 12.5 Å². The molecule has 3 amide bonds. The Labute approximate surface area is 198 Å². The molecule has 0 aliphatic heterocycles. The maximum atomic E-state index is 12.6. The molecular weight excluding hydrogens is 470 g/mol. The molecule has 0 fully saturated rings. The fraction of sp³-hybridized carbons (Fsp3) is 0.550. The SMILES string of the molecule is CC(=O)NCCOCCNC(=O)CCC(=O)NCCCN(C)S(=O)(=O)c1ccccc1[N+](=O)[O-]. The molecule has 0 spiro atoms. The highest BCUT2D eigenvalue weighted by Crippen LogP contribution is 2.25. The minimum absolute atomic E-state index is 0.0102. The fourth-order valence-corrected chi connectivity index (χ4v) is 4.07. The largest absolute Gasteiger partial charge is 0.378 e. The standard InChI is InChI=1S/C20H31N5O8S/c1-16(26)21-11-14-33-15-12-23-20(28)9-8-19(27)22-10-5-13-24(2)34(31,32)18-7-4-3-6-17(18)25(29)30/h3-4,6-7H,5,8-15H2,1-2H3,(H,21,26)(H,22,27)(H,23,28). The van der Waals surface area contributed by atoms with Crippen LogP contribution in [0, 0.1) is 10.1 Å². The van der Waals surface area contributed by atoms with E-state index in [1.54, 1.807) is 0 Å². The number of nitrogens with one attached hydrogen (secondary N) is 3. The number of ether oxygens (including phenoxy) is 1. The molecule has 0 saturated carbocycles. The summed E-state index contributed by atoms with van der Waals surface area (Å²) in [5.74, 6) is -0.812. The van der Waals surface area contributed by atoms with Crippen LogP contribution in [0.1, 0.15) is 26.2 Å². The highest BCUT2D eigenvalue weighted by molar-refractivity contribution is 7.89. The number of nitrogens with zero attached hydrogens (tertiary/aromatic N) is 2. The average molecular weight is 502 g/mol. The van der Waals surface area contributed by atoms with Gasteiger partial charge >= 0.3 is 0 Å². The lowest BCUT2D eigenvalue weighted by Crippen LogP contribution is -2.33. The van der Waals surface area contributed by atoms with Crippen molar-refractivity contribution >= 4 is 33.4 Å². The van der Waals surface area contributed by atoms with E-state index in [1.807, 2.05) is 0 Å². The van der Waals surface area contributed by atoms with Crippen molar-refractivity contribution in [1.82, 2.24) is 20.3 Å². The Morgan fingerprint density at radius 2 is 1.56 bits per heavy atom. The Kier molecular flexibility index (Phi) is 12.7. The molecule has 34 heavy (non-hydrogen) atoms. The molecule has 0 atom stereocenters. The van der Waals surface area contributed by atoms with Crippen molar-refractivity contribution in [2.24, 2.45) is 0 Å². The summed E-state index contributed by atoms with van der Waals surface area (Å²) in [6, 6.07) is 5.09. The van der Waals surface area contributed by atoms with Crippen molar-refractivity contribution in [3.8, 4) is 0 Å². The Morgan fingerprint density at radius 1 is 1.00 bits per heavy atom. The van der Waals surface area contributed by atoms with Crippen molar-refractivity contribution in [3.63, 3.8) is 0 Å². The molecule has 3 N–H and O–H groups in total. The first-order chi connectivity index (χ1) is 16.1.